The summed E-state index contributed by atoms with van der Waals surface area (Å²) in [6.07, 6.45) is 1.27. The highest BCUT2D eigenvalue weighted by Crippen LogP contribution is 2.13. The Morgan fingerprint density at radius 1 is 1.18 bits per heavy atom. The van der Waals surface area contributed by atoms with Crippen molar-refractivity contribution in [3.8, 4) is 0 Å². The first-order chi connectivity index (χ1) is 5.15. The van der Waals surface area contributed by atoms with E-state index in [-0.39, 0.29) is 0 Å². The number of hydrogen-bond donors (Lipinski definition) is 0. The molecule has 1 heterocycles. The Hall–Kier alpha value is -0.0800. The van der Waals surface area contributed by atoms with Gasteiger partial charge in [0.2, 0.25) is 0 Å². The third-order valence-corrected chi connectivity index (χ3v) is 2.90. The summed E-state index contributed by atoms with van der Waals surface area (Å²) in [6.45, 7) is 7.01. The summed E-state index contributed by atoms with van der Waals surface area (Å²) in [7, 11) is 4.46. The molecule has 1 fully saturated rings. The molecule has 2 heteroatoms. The van der Waals surface area contributed by atoms with Crippen LogP contribution >= 0.6 is 0 Å². The second-order valence-electron chi connectivity index (χ2n) is 3.79. The lowest BCUT2D eigenvalue weighted by molar-refractivity contribution is 0.0696. The molecule has 0 spiro atoms. The highest BCUT2D eigenvalue weighted by atomic mass is 15.3. The van der Waals surface area contributed by atoms with E-state index in [1.54, 1.807) is 0 Å². The molecule has 1 rings (SSSR count). The number of rotatable bonds is 1. The molecule has 0 aromatic heterocycles. The van der Waals surface area contributed by atoms with E-state index in [2.05, 4.69) is 37.7 Å². The van der Waals surface area contributed by atoms with Crippen LogP contribution in [0.3, 0.4) is 0 Å². The van der Waals surface area contributed by atoms with Gasteiger partial charge in [-0.3, -0.25) is 0 Å². The fraction of sp³-hybridized carbons (Fsp3) is 1.00. The van der Waals surface area contributed by atoms with Crippen LogP contribution in [0.25, 0.3) is 0 Å². The second-order valence-corrected chi connectivity index (χ2v) is 3.79. The summed E-state index contributed by atoms with van der Waals surface area (Å²) in [4.78, 5) is 4.93. The summed E-state index contributed by atoms with van der Waals surface area (Å²) < 4.78 is 0. The van der Waals surface area contributed by atoms with E-state index in [4.69, 9.17) is 0 Å². The molecular weight excluding hydrogens is 136 g/mol. The Bertz CT molecular complexity index is 125. The van der Waals surface area contributed by atoms with E-state index < -0.39 is 0 Å². The van der Waals surface area contributed by atoms with Gasteiger partial charge in [0.05, 0.1) is 0 Å². The van der Waals surface area contributed by atoms with Gasteiger partial charge in [-0.2, -0.15) is 0 Å². The molecule has 0 bridgehead atoms. The minimum absolute atomic E-state index is 0.725. The van der Waals surface area contributed by atoms with Crippen molar-refractivity contribution in [2.75, 3.05) is 27.2 Å². The zero-order valence-corrected chi connectivity index (χ0v) is 8.17. The van der Waals surface area contributed by atoms with Gasteiger partial charge in [0, 0.05) is 25.2 Å². The van der Waals surface area contributed by atoms with Gasteiger partial charge in [0.25, 0.3) is 0 Å². The van der Waals surface area contributed by atoms with E-state index in [1.165, 1.54) is 19.5 Å². The average molecular weight is 156 g/mol. The maximum absolute atomic E-state index is 2.48. The number of piperazine rings is 1. The normalized spacial score (nSPS) is 36.0. The molecule has 66 valence electrons. The third-order valence-electron chi connectivity index (χ3n) is 2.90. The molecular formula is C9H20N2. The molecule has 1 saturated heterocycles. The molecule has 0 saturated carbocycles. The molecule has 0 N–H and O–H groups in total. The van der Waals surface area contributed by atoms with Crippen LogP contribution in [-0.2, 0) is 0 Å². The molecule has 0 amide bonds. The topological polar surface area (TPSA) is 6.48 Å². The second kappa shape index (κ2) is 3.55. The van der Waals surface area contributed by atoms with Crippen molar-refractivity contribution in [3.05, 3.63) is 0 Å². The molecule has 2 nitrogen and oxygen atoms in total. The molecule has 0 radical (unpaired) electrons. The van der Waals surface area contributed by atoms with Crippen molar-refractivity contribution in [1.29, 1.82) is 0 Å². The van der Waals surface area contributed by atoms with Crippen LogP contribution in [0.2, 0.25) is 0 Å². The van der Waals surface area contributed by atoms with Crippen molar-refractivity contribution in [2.45, 2.75) is 32.4 Å². The Kier molecular flexibility index (Phi) is 2.90. The van der Waals surface area contributed by atoms with Gasteiger partial charge in [-0.1, -0.05) is 6.92 Å². The van der Waals surface area contributed by atoms with Crippen molar-refractivity contribution < 1.29 is 0 Å². The lowest BCUT2D eigenvalue weighted by Crippen LogP contribution is -2.54. The minimum atomic E-state index is 0.725. The monoisotopic (exact) mass is 156 g/mol. The largest absolute Gasteiger partial charge is 0.301 e. The lowest BCUT2D eigenvalue weighted by atomic mass is 10.1. The van der Waals surface area contributed by atoms with E-state index in [1.807, 2.05) is 0 Å². The lowest BCUT2D eigenvalue weighted by Gasteiger charge is -2.41. The van der Waals surface area contributed by atoms with E-state index in [0.29, 0.717) is 0 Å². The third kappa shape index (κ3) is 1.94. The van der Waals surface area contributed by atoms with Crippen LogP contribution in [-0.4, -0.2) is 49.1 Å². The molecule has 0 unspecified atom stereocenters. The Morgan fingerprint density at radius 3 is 2.36 bits per heavy atom. The summed E-state index contributed by atoms with van der Waals surface area (Å²) >= 11 is 0. The molecule has 11 heavy (non-hydrogen) atoms. The minimum Gasteiger partial charge on any atom is -0.301 e. The molecule has 0 aliphatic carbocycles. The SMILES string of the molecule is CC[C@H]1CN(C)[C@H](C)CN1C. The molecule has 0 aromatic rings. The quantitative estimate of drug-likeness (QED) is 0.559. The van der Waals surface area contributed by atoms with Crippen molar-refractivity contribution in [3.63, 3.8) is 0 Å². The average Bonchev–Trinajstić information content (AvgIpc) is 1.97. The molecule has 1 aliphatic heterocycles. The van der Waals surface area contributed by atoms with Gasteiger partial charge in [0.15, 0.2) is 0 Å². The maximum Gasteiger partial charge on any atom is 0.0218 e. The molecule has 2 atom stereocenters. The van der Waals surface area contributed by atoms with Crippen LogP contribution in [0.5, 0.6) is 0 Å². The smallest absolute Gasteiger partial charge is 0.0218 e. The van der Waals surface area contributed by atoms with Gasteiger partial charge < -0.3 is 9.80 Å². The number of hydrogen-bond acceptors (Lipinski definition) is 2. The van der Waals surface area contributed by atoms with Gasteiger partial charge in [-0.05, 0) is 27.4 Å². The van der Waals surface area contributed by atoms with Crippen LogP contribution in [0.4, 0.5) is 0 Å². The van der Waals surface area contributed by atoms with Crippen molar-refractivity contribution >= 4 is 0 Å². The Labute approximate surface area is 70.2 Å². The molecule has 1 aliphatic rings. The molecule has 0 aromatic carbocycles. The van der Waals surface area contributed by atoms with E-state index >= 15 is 0 Å². The number of likely N-dealkylation sites (N-methyl/N-ethyl adjacent to an activating group) is 2. The van der Waals surface area contributed by atoms with Gasteiger partial charge in [0.1, 0.15) is 0 Å². The first-order valence-corrected chi connectivity index (χ1v) is 4.55. The fourth-order valence-corrected chi connectivity index (χ4v) is 1.80. The Balaban J connectivity index is 2.48. The van der Waals surface area contributed by atoms with Crippen LogP contribution in [0.1, 0.15) is 20.3 Å². The zero-order chi connectivity index (χ0) is 8.43. The van der Waals surface area contributed by atoms with Gasteiger partial charge >= 0.3 is 0 Å². The van der Waals surface area contributed by atoms with Gasteiger partial charge in [-0.25, -0.2) is 0 Å². The number of nitrogens with zero attached hydrogens (tertiary/aromatic N) is 2. The predicted molar refractivity (Wildman–Crippen MR) is 48.8 cm³/mol. The van der Waals surface area contributed by atoms with Crippen LogP contribution < -0.4 is 0 Å². The van der Waals surface area contributed by atoms with Crippen LogP contribution in [0.15, 0.2) is 0 Å². The maximum atomic E-state index is 2.48. The Morgan fingerprint density at radius 2 is 1.82 bits per heavy atom. The van der Waals surface area contributed by atoms with Gasteiger partial charge in [-0.15, -0.1) is 0 Å². The summed E-state index contributed by atoms with van der Waals surface area (Å²) in [5.74, 6) is 0. The summed E-state index contributed by atoms with van der Waals surface area (Å²) in [5.41, 5.74) is 0. The fourth-order valence-electron chi connectivity index (χ4n) is 1.80. The predicted octanol–water partition coefficient (Wildman–Crippen LogP) is 1.03. The highest BCUT2D eigenvalue weighted by molar-refractivity contribution is 4.82. The van der Waals surface area contributed by atoms with E-state index in [0.717, 1.165) is 12.1 Å². The highest BCUT2D eigenvalue weighted by Gasteiger charge is 2.24. The van der Waals surface area contributed by atoms with Crippen molar-refractivity contribution in [2.24, 2.45) is 0 Å². The van der Waals surface area contributed by atoms with Crippen LogP contribution in [0, 0.1) is 0 Å². The standard InChI is InChI=1S/C9H20N2/c1-5-9-7-10(3)8(2)6-11(9)4/h8-9H,5-7H2,1-4H3/t8-,9+/m1/s1. The van der Waals surface area contributed by atoms with E-state index in [9.17, 15) is 0 Å². The summed E-state index contributed by atoms with van der Waals surface area (Å²) in [6, 6.07) is 1.50. The first-order valence-electron chi connectivity index (χ1n) is 4.55. The summed E-state index contributed by atoms with van der Waals surface area (Å²) in [5, 5.41) is 0. The zero-order valence-electron chi connectivity index (χ0n) is 8.17. The van der Waals surface area contributed by atoms with Crippen molar-refractivity contribution in [1.82, 2.24) is 9.80 Å². The first kappa shape index (κ1) is 9.01.